The highest BCUT2D eigenvalue weighted by Crippen LogP contribution is 2.04. The Morgan fingerprint density at radius 3 is 2.76 bits per heavy atom. The SMILES string of the molecule is CCNc1cnc(C(=O)N(C)CCSC)cn1. The van der Waals surface area contributed by atoms with Gasteiger partial charge in [-0.2, -0.15) is 11.8 Å². The summed E-state index contributed by atoms with van der Waals surface area (Å²) >= 11 is 1.71. The lowest BCUT2D eigenvalue weighted by Gasteiger charge is -2.15. The number of amides is 1. The zero-order chi connectivity index (χ0) is 12.7. The molecule has 1 aromatic heterocycles. The topological polar surface area (TPSA) is 58.1 Å². The van der Waals surface area contributed by atoms with Gasteiger partial charge in [-0.3, -0.25) is 4.79 Å². The molecule has 0 aliphatic heterocycles. The van der Waals surface area contributed by atoms with Gasteiger partial charge >= 0.3 is 0 Å². The van der Waals surface area contributed by atoms with Crippen LogP contribution in [0.1, 0.15) is 17.4 Å². The van der Waals surface area contributed by atoms with E-state index in [1.165, 1.54) is 6.20 Å². The quantitative estimate of drug-likeness (QED) is 0.830. The molecule has 1 rings (SSSR count). The van der Waals surface area contributed by atoms with Crippen molar-refractivity contribution in [2.75, 3.05) is 37.5 Å². The zero-order valence-corrected chi connectivity index (χ0v) is 11.3. The van der Waals surface area contributed by atoms with E-state index in [0.29, 0.717) is 11.5 Å². The molecule has 0 aliphatic rings. The second-order valence-corrected chi connectivity index (χ2v) is 4.52. The summed E-state index contributed by atoms with van der Waals surface area (Å²) in [5.41, 5.74) is 0.384. The predicted molar refractivity (Wildman–Crippen MR) is 71.5 cm³/mol. The molecule has 1 heterocycles. The van der Waals surface area contributed by atoms with Gasteiger partial charge in [0.15, 0.2) is 0 Å². The number of aromatic nitrogens is 2. The molecule has 0 aromatic carbocycles. The van der Waals surface area contributed by atoms with Crippen LogP contribution in [-0.4, -0.2) is 52.9 Å². The van der Waals surface area contributed by atoms with E-state index in [4.69, 9.17) is 0 Å². The third-order valence-corrected chi connectivity index (χ3v) is 2.80. The Kier molecular flexibility index (Phi) is 5.76. The van der Waals surface area contributed by atoms with Crippen molar-refractivity contribution in [2.24, 2.45) is 0 Å². The van der Waals surface area contributed by atoms with Gasteiger partial charge in [0, 0.05) is 25.9 Å². The smallest absolute Gasteiger partial charge is 0.273 e. The van der Waals surface area contributed by atoms with Gasteiger partial charge in [-0.1, -0.05) is 0 Å². The molecular formula is C11H18N4OS. The van der Waals surface area contributed by atoms with Crippen molar-refractivity contribution in [2.45, 2.75) is 6.92 Å². The lowest BCUT2D eigenvalue weighted by atomic mass is 10.4. The maximum absolute atomic E-state index is 11.9. The molecule has 1 amide bonds. The maximum atomic E-state index is 11.9. The minimum Gasteiger partial charge on any atom is -0.369 e. The molecule has 0 fully saturated rings. The van der Waals surface area contributed by atoms with Crippen molar-refractivity contribution in [3.63, 3.8) is 0 Å². The second kappa shape index (κ2) is 7.11. The van der Waals surface area contributed by atoms with Crippen molar-refractivity contribution in [3.05, 3.63) is 18.1 Å². The van der Waals surface area contributed by atoms with Crippen molar-refractivity contribution in [3.8, 4) is 0 Å². The molecule has 6 heteroatoms. The van der Waals surface area contributed by atoms with Crippen molar-refractivity contribution in [1.82, 2.24) is 14.9 Å². The van der Waals surface area contributed by atoms with Gasteiger partial charge in [0.1, 0.15) is 11.5 Å². The third-order valence-electron chi connectivity index (χ3n) is 2.21. The number of carbonyl (C=O) groups is 1. The number of carbonyl (C=O) groups excluding carboxylic acids is 1. The third kappa shape index (κ3) is 4.22. The van der Waals surface area contributed by atoms with Crippen molar-refractivity contribution >= 4 is 23.5 Å². The molecule has 0 atom stereocenters. The minimum atomic E-state index is -0.0883. The van der Waals surface area contributed by atoms with Crippen LogP contribution in [0.4, 0.5) is 5.82 Å². The summed E-state index contributed by atoms with van der Waals surface area (Å²) in [5, 5.41) is 3.04. The summed E-state index contributed by atoms with van der Waals surface area (Å²) in [4.78, 5) is 21.8. The molecule has 0 saturated heterocycles. The number of rotatable bonds is 6. The highest BCUT2D eigenvalue weighted by molar-refractivity contribution is 7.98. The molecular weight excluding hydrogens is 236 g/mol. The van der Waals surface area contributed by atoms with Gasteiger partial charge in [0.2, 0.25) is 0 Å². The Morgan fingerprint density at radius 1 is 1.47 bits per heavy atom. The first-order valence-corrected chi connectivity index (χ1v) is 6.88. The molecule has 1 aromatic rings. The molecule has 0 radical (unpaired) electrons. The minimum absolute atomic E-state index is 0.0883. The van der Waals surface area contributed by atoms with Crippen molar-refractivity contribution in [1.29, 1.82) is 0 Å². The van der Waals surface area contributed by atoms with Crippen LogP contribution in [0.5, 0.6) is 0 Å². The van der Waals surface area contributed by atoms with E-state index in [9.17, 15) is 4.79 Å². The number of hydrogen-bond acceptors (Lipinski definition) is 5. The van der Waals surface area contributed by atoms with Crippen LogP contribution in [0.25, 0.3) is 0 Å². The first kappa shape index (κ1) is 13.8. The molecule has 0 saturated carbocycles. The fourth-order valence-corrected chi connectivity index (χ4v) is 1.69. The first-order chi connectivity index (χ1) is 8.19. The van der Waals surface area contributed by atoms with E-state index in [-0.39, 0.29) is 5.91 Å². The Balaban J connectivity index is 2.62. The number of thioether (sulfide) groups is 1. The molecule has 0 unspecified atom stereocenters. The van der Waals surface area contributed by atoms with Gasteiger partial charge in [-0.25, -0.2) is 9.97 Å². The van der Waals surface area contributed by atoms with Crippen LogP contribution in [0.2, 0.25) is 0 Å². The molecule has 17 heavy (non-hydrogen) atoms. The van der Waals surface area contributed by atoms with E-state index in [1.54, 1.807) is 29.9 Å². The van der Waals surface area contributed by atoms with E-state index < -0.39 is 0 Å². The molecule has 5 nitrogen and oxygen atoms in total. The van der Waals surface area contributed by atoms with Gasteiger partial charge in [-0.15, -0.1) is 0 Å². The highest BCUT2D eigenvalue weighted by atomic mass is 32.2. The average molecular weight is 254 g/mol. The molecule has 94 valence electrons. The summed E-state index contributed by atoms with van der Waals surface area (Å²) in [7, 11) is 1.78. The Bertz CT molecular complexity index is 355. The van der Waals surface area contributed by atoms with Gasteiger partial charge < -0.3 is 10.2 Å². The summed E-state index contributed by atoms with van der Waals surface area (Å²) in [6.45, 7) is 3.49. The van der Waals surface area contributed by atoms with Crippen LogP contribution in [0.15, 0.2) is 12.4 Å². The molecule has 0 spiro atoms. The molecule has 0 bridgehead atoms. The number of hydrogen-bond donors (Lipinski definition) is 1. The molecule has 1 N–H and O–H groups in total. The summed E-state index contributed by atoms with van der Waals surface area (Å²) in [6, 6.07) is 0. The predicted octanol–water partition coefficient (Wildman–Crippen LogP) is 1.34. The van der Waals surface area contributed by atoms with E-state index in [2.05, 4.69) is 15.3 Å². The monoisotopic (exact) mass is 254 g/mol. The summed E-state index contributed by atoms with van der Waals surface area (Å²) in [6.07, 6.45) is 5.11. The van der Waals surface area contributed by atoms with Crippen LogP contribution < -0.4 is 5.32 Å². The summed E-state index contributed by atoms with van der Waals surface area (Å²) < 4.78 is 0. The Hall–Kier alpha value is -1.30. The van der Waals surface area contributed by atoms with Crippen LogP contribution in [-0.2, 0) is 0 Å². The first-order valence-electron chi connectivity index (χ1n) is 5.49. The maximum Gasteiger partial charge on any atom is 0.273 e. The van der Waals surface area contributed by atoms with Gasteiger partial charge in [0.25, 0.3) is 5.91 Å². The number of nitrogens with one attached hydrogen (secondary N) is 1. The largest absolute Gasteiger partial charge is 0.369 e. The normalized spacial score (nSPS) is 10.1. The average Bonchev–Trinajstić information content (AvgIpc) is 2.36. The van der Waals surface area contributed by atoms with Gasteiger partial charge in [0.05, 0.1) is 12.4 Å². The fourth-order valence-electron chi connectivity index (χ4n) is 1.24. The van der Waals surface area contributed by atoms with E-state index >= 15 is 0 Å². The fraction of sp³-hybridized carbons (Fsp3) is 0.545. The van der Waals surface area contributed by atoms with E-state index in [1.807, 2.05) is 13.2 Å². The Labute approximate surface area is 106 Å². The van der Waals surface area contributed by atoms with E-state index in [0.717, 1.165) is 18.8 Å². The van der Waals surface area contributed by atoms with Crippen molar-refractivity contribution < 1.29 is 4.79 Å². The number of anilines is 1. The standard InChI is InChI=1S/C11H18N4OS/c1-4-12-10-8-13-9(7-14-10)11(16)15(2)5-6-17-3/h7-8H,4-6H2,1-3H3,(H,12,14). The second-order valence-electron chi connectivity index (χ2n) is 3.54. The number of nitrogens with zero attached hydrogens (tertiary/aromatic N) is 3. The molecule has 0 aliphatic carbocycles. The summed E-state index contributed by atoms with van der Waals surface area (Å²) in [5.74, 6) is 1.52. The Morgan fingerprint density at radius 2 is 2.24 bits per heavy atom. The lowest BCUT2D eigenvalue weighted by molar-refractivity contribution is 0.0797. The van der Waals surface area contributed by atoms with Crippen LogP contribution in [0.3, 0.4) is 0 Å². The van der Waals surface area contributed by atoms with Crippen LogP contribution >= 0.6 is 11.8 Å². The highest BCUT2D eigenvalue weighted by Gasteiger charge is 2.12. The zero-order valence-electron chi connectivity index (χ0n) is 10.4. The van der Waals surface area contributed by atoms with Gasteiger partial charge in [-0.05, 0) is 13.2 Å². The lowest BCUT2D eigenvalue weighted by Crippen LogP contribution is -2.29. The van der Waals surface area contributed by atoms with Crippen LogP contribution in [0, 0.1) is 0 Å².